The molecule has 1 aromatic rings. The van der Waals surface area contributed by atoms with Crippen LogP contribution in [0.3, 0.4) is 0 Å². The number of hydrogen-bond acceptors (Lipinski definition) is 4. The second-order valence-electron chi connectivity index (χ2n) is 4.55. The van der Waals surface area contributed by atoms with Gasteiger partial charge in [-0.1, -0.05) is 19.9 Å². The van der Waals surface area contributed by atoms with Crippen molar-refractivity contribution in [2.75, 3.05) is 24.7 Å². The molecule has 0 aliphatic rings. The van der Waals surface area contributed by atoms with Gasteiger partial charge < -0.3 is 10.6 Å². The van der Waals surface area contributed by atoms with E-state index in [-0.39, 0.29) is 12.5 Å². The maximum atomic E-state index is 11.6. The van der Waals surface area contributed by atoms with Crippen LogP contribution in [0.1, 0.15) is 19.4 Å². The van der Waals surface area contributed by atoms with E-state index in [4.69, 9.17) is 5.26 Å². The van der Waals surface area contributed by atoms with Gasteiger partial charge in [0.2, 0.25) is 5.91 Å². The minimum absolute atomic E-state index is 0.0628. The minimum atomic E-state index is -0.0628. The number of hydrogen-bond donors (Lipinski definition) is 2. The van der Waals surface area contributed by atoms with E-state index in [0.29, 0.717) is 23.7 Å². The van der Waals surface area contributed by atoms with E-state index >= 15 is 0 Å². The molecule has 4 nitrogen and oxygen atoms in total. The molecule has 1 rings (SSSR count). The predicted molar refractivity (Wildman–Crippen MR) is 79.3 cm³/mol. The Balaban J connectivity index is 2.63. The fourth-order valence-electron chi connectivity index (χ4n) is 1.52. The first-order valence-corrected chi connectivity index (χ1v) is 7.38. The van der Waals surface area contributed by atoms with Gasteiger partial charge in [-0.2, -0.15) is 5.26 Å². The van der Waals surface area contributed by atoms with Crippen molar-refractivity contribution >= 4 is 23.4 Å². The smallest absolute Gasteiger partial charge is 0.239 e. The van der Waals surface area contributed by atoms with E-state index in [1.807, 2.05) is 38.3 Å². The third kappa shape index (κ3) is 4.84. The second kappa shape index (κ2) is 7.70. The lowest BCUT2D eigenvalue weighted by Crippen LogP contribution is -2.32. The van der Waals surface area contributed by atoms with Crippen molar-refractivity contribution in [1.82, 2.24) is 5.32 Å². The lowest BCUT2D eigenvalue weighted by molar-refractivity contribution is -0.119. The van der Waals surface area contributed by atoms with Gasteiger partial charge in [0.05, 0.1) is 17.8 Å². The summed E-state index contributed by atoms with van der Waals surface area (Å²) in [5.74, 6) is 0.366. The molecule has 0 bridgehead atoms. The van der Waals surface area contributed by atoms with E-state index in [2.05, 4.69) is 16.7 Å². The zero-order chi connectivity index (χ0) is 14.3. The molecule has 0 atom stereocenters. The first-order chi connectivity index (χ1) is 9.08. The van der Waals surface area contributed by atoms with Crippen molar-refractivity contribution < 1.29 is 4.79 Å². The van der Waals surface area contributed by atoms with Gasteiger partial charge >= 0.3 is 0 Å². The normalized spacial score (nSPS) is 10.1. The van der Waals surface area contributed by atoms with Crippen LogP contribution in [0.15, 0.2) is 23.1 Å². The molecule has 102 valence electrons. The topological polar surface area (TPSA) is 64.9 Å². The van der Waals surface area contributed by atoms with Crippen LogP contribution >= 0.6 is 11.8 Å². The minimum Gasteiger partial charge on any atom is -0.375 e. The fraction of sp³-hybridized carbons (Fsp3) is 0.429. The summed E-state index contributed by atoms with van der Waals surface area (Å²) in [5.41, 5.74) is 1.29. The van der Waals surface area contributed by atoms with Crippen LogP contribution in [0.25, 0.3) is 0 Å². The van der Waals surface area contributed by atoms with Crippen molar-refractivity contribution in [3.63, 3.8) is 0 Å². The Morgan fingerprint density at radius 2 is 2.21 bits per heavy atom. The maximum Gasteiger partial charge on any atom is 0.239 e. The molecule has 2 N–H and O–H groups in total. The average molecular weight is 277 g/mol. The molecule has 1 amide bonds. The summed E-state index contributed by atoms with van der Waals surface area (Å²) < 4.78 is 0. The van der Waals surface area contributed by atoms with Gasteiger partial charge in [-0.3, -0.25) is 4.79 Å². The highest BCUT2D eigenvalue weighted by Gasteiger charge is 2.08. The maximum absolute atomic E-state index is 11.6. The van der Waals surface area contributed by atoms with E-state index in [9.17, 15) is 4.79 Å². The molecule has 0 fully saturated rings. The number of nitrogens with one attached hydrogen (secondary N) is 2. The summed E-state index contributed by atoms with van der Waals surface area (Å²) in [4.78, 5) is 12.5. The SMILES string of the molecule is CSc1cccc(NCC(=O)NCC(C)C)c1C#N. The predicted octanol–water partition coefficient (Wildman–Crippen LogP) is 2.46. The molecule has 0 aromatic heterocycles. The summed E-state index contributed by atoms with van der Waals surface area (Å²) in [5, 5.41) is 15.0. The fourth-order valence-corrected chi connectivity index (χ4v) is 2.09. The Hall–Kier alpha value is -1.67. The van der Waals surface area contributed by atoms with E-state index < -0.39 is 0 Å². The summed E-state index contributed by atoms with van der Waals surface area (Å²) in [6, 6.07) is 7.76. The Morgan fingerprint density at radius 3 is 2.79 bits per heavy atom. The van der Waals surface area contributed by atoms with Gasteiger partial charge in [-0.15, -0.1) is 11.8 Å². The Kier molecular flexibility index (Phi) is 6.23. The van der Waals surface area contributed by atoms with E-state index in [1.54, 1.807) is 0 Å². The number of nitrogens with zero attached hydrogens (tertiary/aromatic N) is 1. The first kappa shape index (κ1) is 15.4. The van der Waals surface area contributed by atoms with Crippen LogP contribution < -0.4 is 10.6 Å². The van der Waals surface area contributed by atoms with Gasteiger partial charge in [0.1, 0.15) is 6.07 Å². The third-order valence-corrected chi connectivity index (χ3v) is 3.28. The highest BCUT2D eigenvalue weighted by atomic mass is 32.2. The lowest BCUT2D eigenvalue weighted by Gasteiger charge is -2.11. The van der Waals surface area contributed by atoms with Crippen molar-refractivity contribution in [2.45, 2.75) is 18.7 Å². The van der Waals surface area contributed by atoms with Crippen molar-refractivity contribution in [2.24, 2.45) is 5.92 Å². The molecule has 19 heavy (non-hydrogen) atoms. The highest BCUT2D eigenvalue weighted by Crippen LogP contribution is 2.25. The molecule has 0 heterocycles. The summed E-state index contributed by atoms with van der Waals surface area (Å²) in [7, 11) is 0. The van der Waals surface area contributed by atoms with Crippen LogP contribution in [0, 0.1) is 17.2 Å². The van der Waals surface area contributed by atoms with Crippen LogP contribution in [-0.2, 0) is 4.79 Å². The number of anilines is 1. The van der Waals surface area contributed by atoms with Crippen LogP contribution in [-0.4, -0.2) is 25.3 Å². The average Bonchev–Trinajstić information content (AvgIpc) is 2.42. The molecule has 0 saturated heterocycles. The molecule has 0 aliphatic carbocycles. The molecule has 0 radical (unpaired) electrons. The molecule has 0 saturated carbocycles. The second-order valence-corrected chi connectivity index (χ2v) is 5.39. The Labute approximate surface area is 118 Å². The monoisotopic (exact) mass is 277 g/mol. The van der Waals surface area contributed by atoms with Gasteiger partial charge in [0, 0.05) is 11.4 Å². The quantitative estimate of drug-likeness (QED) is 0.784. The molecule has 0 aliphatic heterocycles. The van der Waals surface area contributed by atoms with Gasteiger partial charge in [0.25, 0.3) is 0 Å². The number of carbonyl (C=O) groups is 1. The number of thioether (sulfide) groups is 1. The molecule has 1 aromatic carbocycles. The molecule has 0 unspecified atom stereocenters. The van der Waals surface area contributed by atoms with Gasteiger partial charge in [-0.05, 0) is 24.3 Å². The standard InChI is InChI=1S/C14H19N3OS/c1-10(2)8-17-14(18)9-16-12-5-4-6-13(19-3)11(12)7-15/h4-6,10,16H,8-9H2,1-3H3,(H,17,18). The summed E-state index contributed by atoms with van der Waals surface area (Å²) in [6.07, 6.45) is 1.93. The summed E-state index contributed by atoms with van der Waals surface area (Å²) >= 11 is 1.52. The number of rotatable bonds is 6. The Morgan fingerprint density at radius 1 is 1.47 bits per heavy atom. The van der Waals surface area contributed by atoms with Gasteiger partial charge in [0.15, 0.2) is 0 Å². The van der Waals surface area contributed by atoms with Crippen molar-refractivity contribution in [3.05, 3.63) is 23.8 Å². The lowest BCUT2D eigenvalue weighted by atomic mass is 10.2. The van der Waals surface area contributed by atoms with Crippen LogP contribution in [0.2, 0.25) is 0 Å². The highest BCUT2D eigenvalue weighted by molar-refractivity contribution is 7.98. The van der Waals surface area contributed by atoms with Crippen molar-refractivity contribution in [3.8, 4) is 6.07 Å². The third-order valence-electron chi connectivity index (χ3n) is 2.50. The first-order valence-electron chi connectivity index (χ1n) is 6.16. The van der Waals surface area contributed by atoms with E-state index in [1.165, 1.54) is 11.8 Å². The number of nitriles is 1. The summed E-state index contributed by atoms with van der Waals surface area (Å²) in [6.45, 7) is 4.93. The molecule has 0 spiro atoms. The number of carbonyl (C=O) groups excluding carboxylic acids is 1. The zero-order valence-corrected chi connectivity index (χ0v) is 12.3. The largest absolute Gasteiger partial charge is 0.375 e. The molecular formula is C14H19N3OS. The van der Waals surface area contributed by atoms with Crippen molar-refractivity contribution in [1.29, 1.82) is 5.26 Å². The van der Waals surface area contributed by atoms with Crippen LogP contribution in [0.5, 0.6) is 0 Å². The van der Waals surface area contributed by atoms with Crippen LogP contribution in [0.4, 0.5) is 5.69 Å². The number of benzene rings is 1. The zero-order valence-electron chi connectivity index (χ0n) is 11.5. The molecule has 5 heteroatoms. The number of amides is 1. The van der Waals surface area contributed by atoms with E-state index in [0.717, 1.165) is 4.90 Å². The Bertz CT molecular complexity index is 480. The van der Waals surface area contributed by atoms with Gasteiger partial charge in [-0.25, -0.2) is 0 Å². The molecular weight excluding hydrogens is 258 g/mol.